The molecule has 1 aliphatic heterocycles. The van der Waals surface area contributed by atoms with Crippen molar-refractivity contribution in [2.75, 3.05) is 38.5 Å². The van der Waals surface area contributed by atoms with Gasteiger partial charge in [-0.2, -0.15) is 0 Å². The second kappa shape index (κ2) is 10.6. The average Bonchev–Trinajstić information content (AvgIpc) is 3.70. The lowest BCUT2D eigenvalue weighted by Crippen LogP contribution is -2.49. The lowest BCUT2D eigenvalue weighted by molar-refractivity contribution is -0.134. The van der Waals surface area contributed by atoms with E-state index in [0.717, 1.165) is 72.8 Å². The highest BCUT2D eigenvalue weighted by Gasteiger charge is 2.35. The average molecular weight is 499 g/mol. The molecule has 3 aromatic rings. The van der Waals surface area contributed by atoms with Crippen molar-refractivity contribution < 1.29 is 4.79 Å². The van der Waals surface area contributed by atoms with Gasteiger partial charge in [-0.05, 0) is 69.3 Å². The summed E-state index contributed by atoms with van der Waals surface area (Å²) in [6, 6.07) is 10.3. The number of nitrogens with zero attached hydrogens (tertiary/aromatic N) is 6. The molecule has 3 heterocycles. The van der Waals surface area contributed by atoms with Gasteiger partial charge in [0.1, 0.15) is 5.82 Å². The van der Waals surface area contributed by atoms with Crippen LogP contribution >= 0.6 is 0 Å². The van der Waals surface area contributed by atoms with Crippen LogP contribution in [0.1, 0.15) is 43.9 Å². The second-order valence-electron chi connectivity index (χ2n) is 9.78. The number of allylic oxidation sites excluding steroid dienone is 1. The maximum atomic E-state index is 12.4. The molecule has 2 fully saturated rings. The van der Waals surface area contributed by atoms with Crippen molar-refractivity contribution in [3.8, 4) is 0 Å². The summed E-state index contributed by atoms with van der Waals surface area (Å²) in [5.41, 5.74) is 5.49. The molecule has 1 aliphatic carbocycles. The van der Waals surface area contributed by atoms with Crippen molar-refractivity contribution >= 4 is 46.8 Å². The SMILES string of the molecule is C=N/C(=C\C(C)=N/C)c1ccc2nc(Nc3cc(C(C)N4CCN(C(=O)C5CC5)CC4)ccn3)[nH]c2c1. The molecular formula is C28H34N8O. The van der Waals surface area contributed by atoms with Crippen LogP contribution in [0.4, 0.5) is 11.8 Å². The molecule has 2 aromatic heterocycles. The molecule has 37 heavy (non-hydrogen) atoms. The number of aromatic amines is 1. The van der Waals surface area contributed by atoms with E-state index in [0.29, 0.717) is 17.8 Å². The van der Waals surface area contributed by atoms with Crippen LogP contribution in [0.5, 0.6) is 0 Å². The van der Waals surface area contributed by atoms with Gasteiger partial charge in [0, 0.05) is 62.7 Å². The first-order valence-electron chi connectivity index (χ1n) is 12.8. The Hall–Kier alpha value is -3.85. The Morgan fingerprint density at radius 2 is 2.00 bits per heavy atom. The van der Waals surface area contributed by atoms with Crippen LogP contribution in [0.2, 0.25) is 0 Å². The lowest BCUT2D eigenvalue weighted by Gasteiger charge is -2.38. The summed E-state index contributed by atoms with van der Waals surface area (Å²) >= 11 is 0. The van der Waals surface area contributed by atoms with Gasteiger partial charge >= 0.3 is 0 Å². The summed E-state index contributed by atoms with van der Waals surface area (Å²) in [5.74, 6) is 1.99. The minimum absolute atomic E-state index is 0.228. The molecule has 0 spiro atoms. The van der Waals surface area contributed by atoms with Crippen LogP contribution in [-0.4, -0.2) is 76.3 Å². The van der Waals surface area contributed by atoms with Gasteiger partial charge in [0.2, 0.25) is 11.9 Å². The van der Waals surface area contributed by atoms with Gasteiger partial charge in [-0.15, -0.1) is 0 Å². The predicted molar refractivity (Wildman–Crippen MR) is 149 cm³/mol. The summed E-state index contributed by atoms with van der Waals surface area (Å²) in [6.45, 7) is 11.2. The molecular weight excluding hydrogens is 464 g/mol. The van der Waals surface area contributed by atoms with E-state index in [4.69, 9.17) is 0 Å². The largest absolute Gasteiger partial charge is 0.340 e. The Morgan fingerprint density at radius 3 is 2.70 bits per heavy atom. The van der Waals surface area contributed by atoms with E-state index >= 15 is 0 Å². The smallest absolute Gasteiger partial charge is 0.225 e. The number of hydrogen-bond donors (Lipinski definition) is 2. The number of carbonyl (C=O) groups excluding carboxylic acids is 1. The Labute approximate surface area is 217 Å². The van der Waals surface area contributed by atoms with Crippen molar-refractivity contribution in [1.29, 1.82) is 0 Å². The normalized spacial score (nSPS) is 18.2. The fourth-order valence-electron chi connectivity index (χ4n) is 4.74. The molecule has 0 radical (unpaired) electrons. The van der Waals surface area contributed by atoms with Gasteiger partial charge < -0.3 is 15.2 Å². The number of imidazole rings is 1. The van der Waals surface area contributed by atoms with Gasteiger partial charge in [-0.1, -0.05) is 6.07 Å². The molecule has 9 nitrogen and oxygen atoms in total. The standard InChI is InChI=1S/C28H34N8O/c1-18(29-3)15-24(30-4)22-7-8-23-25(16-22)33-28(32-23)34-26-17-21(9-10-31-26)19(2)35-11-13-36(14-12-35)27(37)20-5-6-20/h7-10,15-17,19-20H,4-6,11-14H2,1-3H3,(H2,31,32,33,34)/b24-15-,29-18-. The number of hydrogen-bond acceptors (Lipinski definition) is 7. The van der Waals surface area contributed by atoms with Gasteiger partial charge in [-0.3, -0.25) is 19.7 Å². The van der Waals surface area contributed by atoms with Crippen molar-refractivity contribution in [2.24, 2.45) is 15.9 Å². The monoisotopic (exact) mass is 498 g/mol. The first-order valence-corrected chi connectivity index (χ1v) is 12.8. The Balaban J connectivity index is 1.27. The van der Waals surface area contributed by atoms with Crippen molar-refractivity contribution in [2.45, 2.75) is 32.7 Å². The molecule has 1 atom stereocenters. The number of benzene rings is 1. The van der Waals surface area contributed by atoms with E-state index < -0.39 is 0 Å². The Kier molecular flexibility index (Phi) is 7.14. The van der Waals surface area contributed by atoms with Crippen molar-refractivity contribution in [1.82, 2.24) is 24.8 Å². The third-order valence-corrected chi connectivity index (χ3v) is 7.26. The molecule has 1 saturated carbocycles. The minimum atomic E-state index is 0.228. The molecule has 1 aromatic carbocycles. The van der Waals surface area contributed by atoms with Gasteiger partial charge in [-0.25, -0.2) is 9.97 Å². The third-order valence-electron chi connectivity index (χ3n) is 7.26. The molecule has 192 valence electrons. The number of aliphatic imine (C=N–C) groups is 2. The minimum Gasteiger partial charge on any atom is -0.340 e. The van der Waals surface area contributed by atoms with E-state index in [2.05, 4.69) is 60.9 Å². The Morgan fingerprint density at radius 1 is 1.22 bits per heavy atom. The number of amides is 1. The maximum absolute atomic E-state index is 12.4. The molecule has 2 aliphatic rings. The first kappa shape index (κ1) is 24.8. The fourth-order valence-corrected chi connectivity index (χ4v) is 4.74. The van der Waals surface area contributed by atoms with E-state index in [1.807, 2.05) is 42.3 Å². The summed E-state index contributed by atoms with van der Waals surface area (Å²) in [7, 11) is 1.75. The van der Waals surface area contributed by atoms with Crippen LogP contribution in [0, 0.1) is 5.92 Å². The molecule has 5 rings (SSSR count). The number of rotatable bonds is 8. The number of pyridine rings is 1. The second-order valence-corrected chi connectivity index (χ2v) is 9.78. The number of H-pyrrole nitrogens is 1. The van der Waals surface area contributed by atoms with Crippen molar-refractivity contribution in [3.05, 3.63) is 53.7 Å². The number of piperazine rings is 1. The summed E-state index contributed by atoms with van der Waals surface area (Å²) in [4.78, 5) is 37.7. The van der Waals surface area contributed by atoms with E-state index in [9.17, 15) is 4.79 Å². The zero-order chi connectivity index (χ0) is 25.9. The molecule has 0 bridgehead atoms. The first-order chi connectivity index (χ1) is 17.9. The van der Waals surface area contributed by atoms with Crippen LogP contribution in [0.3, 0.4) is 0 Å². The number of carbonyl (C=O) groups is 1. The highest BCUT2D eigenvalue weighted by Crippen LogP contribution is 2.32. The zero-order valence-electron chi connectivity index (χ0n) is 21.7. The van der Waals surface area contributed by atoms with Crippen molar-refractivity contribution in [3.63, 3.8) is 0 Å². The number of anilines is 2. The third kappa shape index (κ3) is 5.61. The molecule has 1 saturated heterocycles. The van der Waals surface area contributed by atoms with E-state index in [1.54, 1.807) is 7.05 Å². The van der Waals surface area contributed by atoms with Gasteiger partial charge in [0.15, 0.2) is 0 Å². The summed E-state index contributed by atoms with van der Waals surface area (Å²) in [6.07, 6.45) is 5.86. The summed E-state index contributed by atoms with van der Waals surface area (Å²) < 4.78 is 0. The van der Waals surface area contributed by atoms with Crippen LogP contribution in [0.15, 0.2) is 52.6 Å². The number of fused-ring (bicyclic) bond motifs is 1. The van der Waals surface area contributed by atoms with Gasteiger partial charge in [0.25, 0.3) is 0 Å². The zero-order valence-corrected chi connectivity index (χ0v) is 21.7. The molecule has 1 amide bonds. The quantitative estimate of drug-likeness (QED) is 0.447. The molecule has 1 unspecified atom stereocenters. The van der Waals surface area contributed by atoms with Crippen LogP contribution < -0.4 is 5.32 Å². The van der Waals surface area contributed by atoms with E-state index in [-0.39, 0.29) is 6.04 Å². The number of nitrogens with one attached hydrogen (secondary N) is 2. The lowest BCUT2D eigenvalue weighted by atomic mass is 10.1. The van der Waals surface area contributed by atoms with E-state index in [1.165, 1.54) is 5.56 Å². The maximum Gasteiger partial charge on any atom is 0.225 e. The predicted octanol–water partition coefficient (Wildman–Crippen LogP) is 4.45. The summed E-state index contributed by atoms with van der Waals surface area (Å²) in [5, 5.41) is 3.32. The highest BCUT2D eigenvalue weighted by atomic mass is 16.2. The fraction of sp³-hybridized carbons (Fsp3) is 0.393. The van der Waals surface area contributed by atoms with Crippen LogP contribution in [0.25, 0.3) is 16.7 Å². The topological polar surface area (TPSA) is 102 Å². The van der Waals surface area contributed by atoms with Gasteiger partial charge in [0.05, 0.1) is 16.7 Å². The number of aromatic nitrogens is 3. The van der Waals surface area contributed by atoms with Crippen LogP contribution in [-0.2, 0) is 4.79 Å². The highest BCUT2D eigenvalue weighted by molar-refractivity contribution is 6.00. The Bertz CT molecular complexity index is 1360. The molecule has 9 heteroatoms. The molecule has 2 N–H and O–H groups in total.